The number of hydrogen-bond acceptors (Lipinski definition) is 9. The number of ether oxygens (including phenoxy) is 1. The molecule has 0 spiro atoms. The molecule has 162 valence electrons. The Morgan fingerprint density at radius 3 is 2.81 bits per heavy atom. The summed E-state index contributed by atoms with van der Waals surface area (Å²) in [4.78, 5) is 39.5. The van der Waals surface area contributed by atoms with Gasteiger partial charge < -0.3 is 15.0 Å². The first-order valence-corrected chi connectivity index (χ1v) is 12.4. The minimum atomic E-state index is -3.46. The van der Waals surface area contributed by atoms with Crippen molar-refractivity contribution in [3.8, 4) is 0 Å². The summed E-state index contributed by atoms with van der Waals surface area (Å²) in [5, 5.41) is 3.03. The van der Waals surface area contributed by atoms with Gasteiger partial charge in [-0.3, -0.25) is 9.59 Å². The number of thiophene rings is 1. The van der Waals surface area contributed by atoms with E-state index in [0.717, 1.165) is 10.6 Å². The van der Waals surface area contributed by atoms with Crippen molar-refractivity contribution in [3.63, 3.8) is 0 Å². The van der Waals surface area contributed by atoms with Crippen molar-refractivity contribution in [2.24, 2.45) is 4.40 Å². The van der Waals surface area contributed by atoms with Crippen LogP contribution in [0.15, 0.2) is 39.6 Å². The minimum absolute atomic E-state index is 0.0579. The molecular weight excluding hydrogens is 462 g/mol. The van der Waals surface area contributed by atoms with E-state index in [2.05, 4.69) is 9.71 Å². The highest BCUT2D eigenvalue weighted by Crippen LogP contribution is 2.42. The van der Waals surface area contributed by atoms with E-state index in [-0.39, 0.29) is 23.0 Å². The molecule has 2 aliphatic rings. The number of amides is 1. The lowest BCUT2D eigenvalue weighted by Gasteiger charge is -2.22. The molecule has 12 heteroatoms. The van der Waals surface area contributed by atoms with Gasteiger partial charge in [0.15, 0.2) is 11.8 Å². The van der Waals surface area contributed by atoms with Gasteiger partial charge in [0.2, 0.25) is 11.7 Å². The molecular formula is C19H17N3O6S3. The van der Waals surface area contributed by atoms with E-state index in [1.807, 2.05) is 0 Å². The molecule has 0 radical (unpaired) electrons. The Bertz CT molecular complexity index is 1220. The lowest BCUT2D eigenvalue weighted by atomic mass is 10.2. The number of nitrogens with zero attached hydrogens (tertiary/aromatic N) is 2. The second-order valence-electron chi connectivity index (χ2n) is 6.77. The van der Waals surface area contributed by atoms with Crippen molar-refractivity contribution in [2.45, 2.75) is 18.4 Å². The number of Topliss-reactive ketones (excluding diaryl/α,β-unsaturated/α-hetero) is 1. The lowest BCUT2D eigenvalue weighted by Crippen LogP contribution is -2.35. The Morgan fingerprint density at radius 2 is 2.03 bits per heavy atom. The number of nitrogens with one attached hydrogen (secondary N) is 1. The molecule has 0 saturated carbocycles. The summed E-state index contributed by atoms with van der Waals surface area (Å²) < 4.78 is 32.3. The molecule has 3 heterocycles. The molecule has 0 bridgehead atoms. The number of amidine groups is 1. The molecule has 1 aromatic carbocycles. The Kier molecular flexibility index (Phi) is 5.86. The summed E-state index contributed by atoms with van der Waals surface area (Å²) in [7, 11) is -3.46. The van der Waals surface area contributed by atoms with Crippen molar-refractivity contribution in [3.05, 3.63) is 45.6 Å². The number of carbonyl (C=O) groups is 3. The average molecular weight is 480 g/mol. The van der Waals surface area contributed by atoms with Crippen LogP contribution < -0.4 is 10.2 Å². The quantitative estimate of drug-likeness (QED) is 0.493. The summed E-state index contributed by atoms with van der Waals surface area (Å²) in [5.74, 6) is -1.20. The molecule has 0 saturated heterocycles. The van der Waals surface area contributed by atoms with Crippen LogP contribution in [0.5, 0.6) is 0 Å². The smallest absolute Gasteiger partial charge is 0.338 e. The molecule has 31 heavy (non-hydrogen) atoms. The summed E-state index contributed by atoms with van der Waals surface area (Å²) in [6.45, 7) is 1.66. The van der Waals surface area contributed by atoms with E-state index in [0.29, 0.717) is 28.0 Å². The number of thioether (sulfide) groups is 1. The molecule has 0 aliphatic carbocycles. The second-order valence-corrected chi connectivity index (χ2v) is 10.7. The van der Waals surface area contributed by atoms with Gasteiger partial charge in [0, 0.05) is 23.2 Å². The summed E-state index contributed by atoms with van der Waals surface area (Å²) >= 11 is 2.41. The first kappa shape index (κ1) is 21.5. The highest BCUT2D eigenvalue weighted by Gasteiger charge is 2.33. The number of anilines is 1. The van der Waals surface area contributed by atoms with Crippen LogP contribution in [0, 0.1) is 0 Å². The second kappa shape index (κ2) is 8.44. The Morgan fingerprint density at radius 1 is 1.23 bits per heavy atom. The Balaban J connectivity index is 1.38. The summed E-state index contributed by atoms with van der Waals surface area (Å²) in [5.41, 5.74) is 1.05. The van der Waals surface area contributed by atoms with Crippen LogP contribution in [0.1, 0.15) is 31.8 Å². The number of hydrogen-bond donors (Lipinski definition) is 1. The molecule has 0 unspecified atom stereocenters. The zero-order valence-corrected chi connectivity index (χ0v) is 18.7. The molecule has 0 atom stereocenters. The maximum atomic E-state index is 12.4. The average Bonchev–Trinajstić information content (AvgIpc) is 3.32. The van der Waals surface area contributed by atoms with Crippen LogP contribution >= 0.6 is 23.1 Å². The predicted molar refractivity (Wildman–Crippen MR) is 117 cm³/mol. The molecule has 1 N–H and O–H groups in total. The van der Waals surface area contributed by atoms with Crippen molar-refractivity contribution in [1.82, 2.24) is 5.32 Å². The number of fused-ring (bicyclic) bond motifs is 3. The normalized spacial score (nSPS) is 16.2. The molecule has 1 aromatic heterocycles. The fourth-order valence-electron chi connectivity index (χ4n) is 2.98. The van der Waals surface area contributed by atoms with Crippen LogP contribution in [-0.4, -0.2) is 50.1 Å². The molecule has 2 aromatic rings. The zero-order valence-electron chi connectivity index (χ0n) is 16.3. The first-order chi connectivity index (χ1) is 14.7. The molecule has 9 nitrogen and oxygen atoms in total. The van der Waals surface area contributed by atoms with Gasteiger partial charge >= 0.3 is 5.97 Å². The number of benzene rings is 1. The molecule has 0 fully saturated rings. The van der Waals surface area contributed by atoms with Crippen molar-refractivity contribution in [2.75, 3.05) is 23.8 Å². The van der Waals surface area contributed by atoms with E-state index in [9.17, 15) is 22.8 Å². The zero-order chi connectivity index (χ0) is 22.2. The van der Waals surface area contributed by atoms with Gasteiger partial charge in [-0.05, 0) is 42.1 Å². The SMILES string of the molecule is CC(=O)NCc1ccc(C(=O)COC(=O)c2ccc3c(c2)SC2=NS(=O)(=O)CCN23)s1. The van der Waals surface area contributed by atoms with Crippen LogP contribution in [0.4, 0.5) is 5.69 Å². The van der Waals surface area contributed by atoms with E-state index < -0.39 is 22.6 Å². The first-order valence-electron chi connectivity index (χ1n) is 9.17. The van der Waals surface area contributed by atoms with Gasteiger partial charge in [-0.25, -0.2) is 13.2 Å². The lowest BCUT2D eigenvalue weighted by molar-refractivity contribution is -0.119. The van der Waals surface area contributed by atoms with Crippen LogP contribution in [0.25, 0.3) is 0 Å². The van der Waals surface area contributed by atoms with Gasteiger partial charge in [-0.15, -0.1) is 15.7 Å². The number of rotatable bonds is 6. The monoisotopic (exact) mass is 479 g/mol. The fraction of sp³-hybridized carbons (Fsp3) is 0.263. The van der Waals surface area contributed by atoms with Gasteiger partial charge in [-0.2, -0.15) is 0 Å². The van der Waals surface area contributed by atoms with E-state index in [4.69, 9.17) is 4.74 Å². The molecule has 4 rings (SSSR count). The third-order valence-electron chi connectivity index (χ3n) is 4.49. The van der Waals surface area contributed by atoms with Crippen molar-refractivity contribution in [1.29, 1.82) is 0 Å². The largest absolute Gasteiger partial charge is 0.454 e. The maximum Gasteiger partial charge on any atom is 0.338 e. The highest BCUT2D eigenvalue weighted by atomic mass is 32.2. The van der Waals surface area contributed by atoms with Gasteiger partial charge in [-0.1, -0.05) is 0 Å². The topological polar surface area (TPSA) is 122 Å². The third-order valence-corrected chi connectivity index (χ3v) is 7.92. The van der Waals surface area contributed by atoms with Crippen LogP contribution in [-0.2, 0) is 26.1 Å². The highest BCUT2D eigenvalue weighted by molar-refractivity contribution is 8.15. The van der Waals surface area contributed by atoms with Gasteiger partial charge in [0.1, 0.15) is 0 Å². The van der Waals surface area contributed by atoms with Gasteiger partial charge in [0.05, 0.1) is 28.4 Å². The van der Waals surface area contributed by atoms with Crippen LogP contribution in [0.3, 0.4) is 0 Å². The number of esters is 1. The standard InChI is InChI=1S/C19H17N3O6S3/c1-11(23)20-9-13-3-5-16(29-13)15(24)10-28-18(25)12-2-4-14-17(8-12)30-19-21-31(26,27)7-6-22(14)19/h2-5,8H,6-7,9-10H2,1H3,(H,20,23). The summed E-state index contributed by atoms with van der Waals surface area (Å²) in [6.07, 6.45) is 0. The fourth-order valence-corrected chi connectivity index (χ4v) is 6.15. The van der Waals surface area contributed by atoms with Gasteiger partial charge in [0.25, 0.3) is 10.0 Å². The van der Waals surface area contributed by atoms with Crippen molar-refractivity contribution < 1.29 is 27.5 Å². The number of sulfonamides is 1. The Hall–Kier alpha value is -2.70. The molecule has 2 aliphatic heterocycles. The van der Waals surface area contributed by atoms with E-state index >= 15 is 0 Å². The van der Waals surface area contributed by atoms with E-state index in [1.54, 1.807) is 35.2 Å². The summed E-state index contributed by atoms with van der Waals surface area (Å²) in [6, 6.07) is 8.28. The minimum Gasteiger partial charge on any atom is -0.454 e. The number of carbonyl (C=O) groups excluding carboxylic acids is 3. The van der Waals surface area contributed by atoms with Crippen LogP contribution in [0.2, 0.25) is 0 Å². The molecule has 1 amide bonds. The Labute approximate surface area is 186 Å². The van der Waals surface area contributed by atoms with E-state index in [1.165, 1.54) is 30.0 Å². The maximum absolute atomic E-state index is 12.4. The predicted octanol–water partition coefficient (Wildman–Crippen LogP) is 2.04. The number of ketones is 1. The van der Waals surface area contributed by atoms with Crippen molar-refractivity contribution >= 4 is 61.6 Å². The third kappa shape index (κ3) is 4.81.